The number of nitrogens with two attached hydrogens (primary N) is 1. The summed E-state index contributed by atoms with van der Waals surface area (Å²) in [6.07, 6.45) is 1.77. The molecule has 2 N–H and O–H groups in total. The molecule has 0 aliphatic heterocycles. The molecular formula is C11H18N2OS. The molecular weight excluding hydrogens is 208 g/mol. The minimum Gasteiger partial charge on any atom is -0.341 e. The third-order valence-corrected chi connectivity index (χ3v) is 3.31. The van der Waals surface area contributed by atoms with Gasteiger partial charge in [-0.1, -0.05) is 6.92 Å². The zero-order valence-corrected chi connectivity index (χ0v) is 10.1. The molecule has 1 heterocycles. The average molecular weight is 226 g/mol. The van der Waals surface area contributed by atoms with Gasteiger partial charge in [-0.15, -0.1) is 11.3 Å². The Hall–Kier alpha value is -0.870. The van der Waals surface area contributed by atoms with Crippen molar-refractivity contribution < 1.29 is 4.79 Å². The maximum absolute atomic E-state index is 12.0. The Morgan fingerprint density at radius 3 is 2.93 bits per heavy atom. The van der Waals surface area contributed by atoms with Gasteiger partial charge in [-0.05, 0) is 36.4 Å². The molecule has 15 heavy (non-hydrogen) atoms. The highest BCUT2D eigenvalue weighted by Gasteiger charge is 2.15. The number of hydrogen-bond acceptors (Lipinski definition) is 3. The smallest absolute Gasteiger partial charge is 0.263 e. The van der Waals surface area contributed by atoms with E-state index in [0.29, 0.717) is 6.54 Å². The lowest BCUT2D eigenvalue weighted by Gasteiger charge is -2.16. The molecule has 0 radical (unpaired) electrons. The highest BCUT2D eigenvalue weighted by atomic mass is 32.1. The van der Waals surface area contributed by atoms with E-state index >= 15 is 0 Å². The average Bonchev–Trinajstić information content (AvgIpc) is 2.72. The van der Waals surface area contributed by atoms with Gasteiger partial charge in [0.15, 0.2) is 0 Å². The van der Waals surface area contributed by atoms with Crippen molar-refractivity contribution in [2.24, 2.45) is 5.73 Å². The molecule has 0 aliphatic carbocycles. The Morgan fingerprint density at radius 2 is 2.33 bits per heavy atom. The van der Waals surface area contributed by atoms with Crippen molar-refractivity contribution in [1.82, 2.24) is 4.90 Å². The predicted molar refractivity (Wildman–Crippen MR) is 64.3 cm³/mol. The first-order valence-electron chi connectivity index (χ1n) is 5.22. The van der Waals surface area contributed by atoms with E-state index in [1.54, 1.807) is 4.90 Å². The number of nitrogens with zero attached hydrogens (tertiary/aromatic N) is 1. The van der Waals surface area contributed by atoms with Crippen molar-refractivity contribution in [3.8, 4) is 0 Å². The van der Waals surface area contributed by atoms with E-state index in [0.717, 1.165) is 29.8 Å². The molecule has 1 amide bonds. The molecule has 1 aromatic rings. The van der Waals surface area contributed by atoms with Gasteiger partial charge >= 0.3 is 0 Å². The van der Waals surface area contributed by atoms with Crippen LogP contribution in [0.3, 0.4) is 0 Å². The molecule has 0 bridgehead atoms. The quantitative estimate of drug-likeness (QED) is 0.831. The van der Waals surface area contributed by atoms with Crippen LogP contribution in [0, 0.1) is 0 Å². The van der Waals surface area contributed by atoms with Crippen molar-refractivity contribution in [3.05, 3.63) is 21.9 Å². The summed E-state index contributed by atoms with van der Waals surface area (Å²) < 4.78 is 0. The van der Waals surface area contributed by atoms with E-state index in [9.17, 15) is 4.79 Å². The molecule has 1 aromatic heterocycles. The maximum atomic E-state index is 12.0. The van der Waals surface area contributed by atoms with E-state index in [2.05, 4.69) is 6.92 Å². The Morgan fingerprint density at radius 1 is 1.60 bits per heavy atom. The number of thiophene rings is 1. The summed E-state index contributed by atoms with van der Waals surface area (Å²) in [4.78, 5) is 14.6. The molecule has 0 spiro atoms. The van der Waals surface area contributed by atoms with Gasteiger partial charge in [-0.2, -0.15) is 0 Å². The molecule has 0 aliphatic rings. The van der Waals surface area contributed by atoms with Crippen molar-refractivity contribution in [1.29, 1.82) is 0 Å². The fourth-order valence-electron chi connectivity index (χ4n) is 1.41. The number of amides is 1. The van der Waals surface area contributed by atoms with Gasteiger partial charge in [-0.3, -0.25) is 4.79 Å². The van der Waals surface area contributed by atoms with E-state index in [1.807, 2.05) is 18.5 Å². The second kappa shape index (κ2) is 5.88. The highest BCUT2D eigenvalue weighted by molar-refractivity contribution is 7.12. The van der Waals surface area contributed by atoms with Crippen molar-refractivity contribution in [2.75, 3.05) is 20.1 Å². The number of carbonyl (C=O) groups excluding carboxylic acids is 1. The second-order valence-electron chi connectivity index (χ2n) is 3.50. The molecule has 0 saturated heterocycles. The van der Waals surface area contributed by atoms with E-state index in [1.165, 1.54) is 11.3 Å². The van der Waals surface area contributed by atoms with Crippen LogP contribution in [0.2, 0.25) is 0 Å². The third-order valence-electron chi connectivity index (χ3n) is 2.37. The molecule has 0 saturated carbocycles. The Labute approximate surface area is 94.9 Å². The molecule has 0 atom stereocenters. The summed E-state index contributed by atoms with van der Waals surface area (Å²) >= 11 is 1.52. The first kappa shape index (κ1) is 12.2. The van der Waals surface area contributed by atoms with Crippen LogP contribution >= 0.6 is 11.3 Å². The normalized spacial score (nSPS) is 10.3. The van der Waals surface area contributed by atoms with Gasteiger partial charge in [0.1, 0.15) is 0 Å². The molecule has 1 rings (SSSR count). The van der Waals surface area contributed by atoms with E-state index < -0.39 is 0 Å². The van der Waals surface area contributed by atoms with Crippen LogP contribution in [0.1, 0.15) is 28.6 Å². The lowest BCUT2D eigenvalue weighted by atomic mass is 10.2. The predicted octanol–water partition coefficient (Wildman–Crippen LogP) is 1.73. The molecule has 84 valence electrons. The van der Waals surface area contributed by atoms with Gasteiger partial charge in [0.05, 0.1) is 4.88 Å². The van der Waals surface area contributed by atoms with Crippen molar-refractivity contribution in [3.63, 3.8) is 0 Å². The first-order valence-corrected chi connectivity index (χ1v) is 6.10. The standard InChI is InChI=1S/C11H18N2OS/c1-3-9-5-8-15-10(9)11(14)13(2)7-4-6-12/h5,8H,3-4,6-7,12H2,1-2H3. The van der Waals surface area contributed by atoms with E-state index in [-0.39, 0.29) is 5.91 Å². The zero-order valence-electron chi connectivity index (χ0n) is 9.32. The van der Waals surface area contributed by atoms with Crippen LogP contribution in [-0.4, -0.2) is 30.9 Å². The second-order valence-corrected chi connectivity index (χ2v) is 4.41. The fraction of sp³-hybridized carbons (Fsp3) is 0.545. The van der Waals surface area contributed by atoms with Crippen LogP contribution < -0.4 is 5.73 Å². The van der Waals surface area contributed by atoms with Crippen LogP contribution in [0.25, 0.3) is 0 Å². The molecule has 0 fully saturated rings. The summed E-state index contributed by atoms with van der Waals surface area (Å²) in [5.41, 5.74) is 6.56. The lowest BCUT2D eigenvalue weighted by molar-refractivity contribution is 0.0798. The highest BCUT2D eigenvalue weighted by Crippen LogP contribution is 2.19. The minimum atomic E-state index is 0.121. The third kappa shape index (κ3) is 3.04. The number of carbonyl (C=O) groups is 1. The van der Waals surface area contributed by atoms with Crippen LogP contribution in [0.4, 0.5) is 0 Å². The molecule has 3 nitrogen and oxygen atoms in total. The molecule has 4 heteroatoms. The van der Waals surface area contributed by atoms with Gasteiger partial charge < -0.3 is 10.6 Å². The van der Waals surface area contributed by atoms with Gasteiger partial charge in [0.25, 0.3) is 5.91 Å². The summed E-state index contributed by atoms with van der Waals surface area (Å²) in [6.45, 7) is 3.43. The number of hydrogen-bond donors (Lipinski definition) is 1. The zero-order chi connectivity index (χ0) is 11.3. The molecule has 0 aromatic carbocycles. The van der Waals surface area contributed by atoms with E-state index in [4.69, 9.17) is 5.73 Å². The SMILES string of the molecule is CCc1ccsc1C(=O)N(C)CCCN. The Kier molecular flexibility index (Phi) is 4.78. The van der Waals surface area contributed by atoms with Crippen LogP contribution in [0.15, 0.2) is 11.4 Å². The minimum absolute atomic E-state index is 0.121. The maximum Gasteiger partial charge on any atom is 0.263 e. The summed E-state index contributed by atoms with van der Waals surface area (Å²) in [5.74, 6) is 0.121. The van der Waals surface area contributed by atoms with Crippen LogP contribution in [0.5, 0.6) is 0 Å². The Bertz CT molecular complexity index is 322. The van der Waals surface area contributed by atoms with Crippen molar-refractivity contribution in [2.45, 2.75) is 19.8 Å². The van der Waals surface area contributed by atoms with Crippen molar-refractivity contribution >= 4 is 17.2 Å². The summed E-state index contributed by atoms with van der Waals surface area (Å²) in [5, 5.41) is 1.98. The number of rotatable bonds is 5. The van der Waals surface area contributed by atoms with Gasteiger partial charge in [0, 0.05) is 13.6 Å². The largest absolute Gasteiger partial charge is 0.341 e. The summed E-state index contributed by atoms with van der Waals surface area (Å²) in [7, 11) is 1.83. The summed E-state index contributed by atoms with van der Waals surface area (Å²) in [6, 6.07) is 2.02. The lowest BCUT2D eigenvalue weighted by Crippen LogP contribution is -2.28. The fourth-order valence-corrected chi connectivity index (χ4v) is 2.39. The van der Waals surface area contributed by atoms with Gasteiger partial charge in [0.2, 0.25) is 0 Å². The number of aryl methyl sites for hydroxylation is 1. The first-order chi connectivity index (χ1) is 7.20. The van der Waals surface area contributed by atoms with Gasteiger partial charge in [-0.25, -0.2) is 0 Å². The van der Waals surface area contributed by atoms with Crippen LogP contribution in [-0.2, 0) is 6.42 Å². The topological polar surface area (TPSA) is 46.3 Å². The molecule has 0 unspecified atom stereocenters. The monoisotopic (exact) mass is 226 g/mol. The Balaban J connectivity index is 2.67.